The molecule has 13 heteroatoms. The van der Waals surface area contributed by atoms with Crippen molar-refractivity contribution in [3.8, 4) is 11.3 Å². The summed E-state index contributed by atoms with van der Waals surface area (Å²) in [4.78, 5) is 34.7. The minimum Gasteiger partial charge on any atom is -0.383 e. The number of nitrogens with one attached hydrogen (secondary N) is 1. The number of halogens is 4. The predicted molar refractivity (Wildman–Crippen MR) is 145 cm³/mol. The molecule has 1 fully saturated rings. The maximum absolute atomic E-state index is 13.0. The molecule has 4 aromatic rings. The van der Waals surface area contributed by atoms with Crippen LogP contribution in [0, 0.1) is 0 Å². The summed E-state index contributed by atoms with van der Waals surface area (Å²) in [5, 5.41) is 8.10. The van der Waals surface area contributed by atoms with E-state index in [1.54, 1.807) is 21.7 Å². The van der Waals surface area contributed by atoms with Gasteiger partial charge in [-0.1, -0.05) is 30.3 Å². The molecule has 0 unspecified atom stereocenters. The van der Waals surface area contributed by atoms with Crippen LogP contribution in [0.25, 0.3) is 22.2 Å². The largest absolute Gasteiger partial charge is 0.416 e. The molecule has 1 aromatic carbocycles. The van der Waals surface area contributed by atoms with Crippen molar-refractivity contribution in [2.75, 3.05) is 24.1 Å². The van der Waals surface area contributed by atoms with Gasteiger partial charge < -0.3 is 16.0 Å². The van der Waals surface area contributed by atoms with Crippen LogP contribution < -0.4 is 11.1 Å². The van der Waals surface area contributed by atoms with Crippen molar-refractivity contribution in [2.24, 2.45) is 0 Å². The highest BCUT2D eigenvalue weighted by molar-refractivity contribution is 6.35. The molecule has 3 N–H and O–H groups in total. The maximum atomic E-state index is 13.0. The van der Waals surface area contributed by atoms with Crippen molar-refractivity contribution in [3.63, 3.8) is 0 Å². The number of carbonyl (C=O) groups excluding carboxylic acids is 2. The van der Waals surface area contributed by atoms with E-state index in [1.807, 2.05) is 0 Å². The van der Waals surface area contributed by atoms with Crippen LogP contribution in [0.15, 0.2) is 61.4 Å². The normalized spacial score (nSPS) is 15.7. The summed E-state index contributed by atoms with van der Waals surface area (Å²) in [6.45, 7) is 4.61. The predicted octanol–water partition coefficient (Wildman–Crippen LogP) is 5.35. The Balaban J connectivity index is 1.46. The summed E-state index contributed by atoms with van der Waals surface area (Å²) in [6.07, 6.45) is 0.678. The smallest absolute Gasteiger partial charge is 0.383 e. The van der Waals surface area contributed by atoms with Gasteiger partial charge in [0.25, 0.3) is 5.91 Å². The highest BCUT2D eigenvalue weighted by Crippen LogP contribution is 2.38. The van der Waals surface area contributed by atoms with Crippen molar-refractivity contribution < 1.29 is 22.8 Å². The van der Waals surface area contributed by atoms with E-state index in [2.05, 4.69) is 21.9 Å². The molecule has 0 spiro atoms. The number of anilines is 2. The number of fused-ring (bicyclic) bond motifs is 1. The van der Waals surface area contributed by atoms with E-state index in [-0.39, 0.29) is 29.1 Å². The quantitative estimate of drug-likeness (QED) is 0.313. The van der Waals surface area contributed by atoms with Gasteiger partial charge in [0.2, 0.25) is 5.91 Å². The minimum absolute atomic E-state index is 0.164. The van der Waals surface area contributed by atoms with Gasteiger partial charge in [0.1, 0.15) is 17.3 Å². The molecule has 2 amide bonds. The average Bonchev–Trinajstić information content (AvgIpc) is 3.36. The number of carbonyl (C=O) groups is 2. The molecule has 1 atom stereocenters. The van der Waals surface area contributed by atoms with Gasteiger partial charge in [0.15, 0.2) is 0 Å². The second-order valence-corrected chi connectivity index (χ2v) is 9.66. The summed E-state index contributed by atoms with van der Waals surface area (Å²) in [7, 11) is 0. The molecule has 0 aliphatic carbocycles. The molecule has 206 valence electrons. The van der Waals surface area contributed by atoms with E-state index in [0.717, 1.165) is 31.2 Å². The van der Waals surface area contributed by atoms with Crippen LogP contribution in [0.5, 0.6) is 0 Å². The number of nitrogen functional groups attached to an aromatic ring is 1. The number of nitrogens with zero attached hydrogens (tertiary/aromatic N) is 5. The van der Waals surface area contributed by atoms with Crippen molar-refractivity contribution in [2.45, 2.75) is 25.1 Å². The Bertz CT molecular complexity index is 1620. The first-order valence-electron chi connectivity index (χ1n) is 12.3. The number of nitrogens with two attached hydrogens (primary N) is 1. The van der Waals surface area contributed by atoms with E-state index >= 15 is 0 Å². The molecule has 5 rings (SSSR count). The fourth-order valence-electron chi connectivity index (χ4n) is 4.75. The van der Waals surface area contributed by atoms with Gasteiger partial charge >= 0.3 is 6.18 Å². The molecule has 1 saturated heterocycles. The standard InChI is InChI=1S/C27H23ClF3N7O2/c1-2-21(39)37-11-3-4-18(14-37)38-24-19(28)13-34-25(32)22(24)23(36-38)15-5-7-16(8-6-15)26(40)35-20-12-17(9-10-33-20)27(29,30)31/h2,5-10,12-13,18H,1,3-4,11,14H2,(H2,32,34)(H,33,35,40)/t18-/m1/s1. The molecule has 4 heterocycles. The Morgan fingerprint density at radius 3 is 2.62 bits per heavy atom. The molecule has 1 aliphatic heterocycles. The molecular formula is C27H23ClF3N7O2. The second kappa shape index (κ2) is 10.6. The maximum Gasteiger partial charge on any atom is 0.416 e. The lowest BCUT2D eigenvalue weighted by atomic mass is 10.0. The molecule has 3 aromatic heterocycles. The third-order valence-corrected chi connectivity index (χ3v) is 6.96. The monoisotopic (exact) mass is 569 g/mol. The summed E-state index contributed by atoms with van der Waals surface area (Å²) in [6, 6.07) is 7.75. The van der Waals surface area contributed by atoms with Crippen LogP contribution in [-0.2, 0) is 11.0 Å². The van der Waals surface area contributed by atoms with Gasteiger partial charge in [-0.2, -0.15) is 18.3 Å². The lowest BCUT2D eigenvalue weighted by molar-refractivity contribution is -0.137. The third kappa shape index (κ3) is 5.22. The average molecular weight is 570 g/mol. The Hall–Kier alpha value is -4.45. The van der Waals surface area contributed by atoms with Crippen LogP contribution in [0.1, 0.15) is 34.8 Å². The van der Waals surface area contributed by atoms with E-state index in [9.17, 15) is 22.8 Å². The Kier molecular flexibility index (Phi) is 7.19. The highest BCUT2D eigenvalue weighted by Gasteiger charge is 2.31. The van der Waals surface area contributed by atoms with Gasteiger partial charge in [-0.3, -0.25) is 14.3 Å². The van der Waals surface area contributed by atoms with E-state index in [4.69, 9.17) is 22.4 Å². The van der Waals surface area contributed by atoms with Crippen LogP contribution in [-0.4, -0.2) is 49.6 Å². The molecule has 1 aliphatic rings. The first kappa shape index (κ1) is 27.1. The lowest BCUT2D eigenvalue weighted by Crippen LogP contribution is -2.40. The number of aromatic nitrogens is 4. The number of benzene rings is 1. The van der Waals surface area contributed by atoms with Crippen molar-refractivity contribution in [1.82, 2.24) is 24.6 Å². The Labute approximate surface area is 231 Å². The zero-order valence-electron chi connectivity index (χ0n) is 21.0. The number of amides is 2. The summed E-state index contributed by atoms with van der Waals surface area (Å²) in [5.74, 6) is -0.804. The number of hydrogen-bond donors (Lipinski definition) is 2. The van der Waals surface area contributed by atoms with E-state index in [0.29, 0.717) is 40.3 Å². The number of likely N-dealkylation sites (tertiary alicyclic amines) is 1. The topological polar surface area (TPSA) is 119 Å². The zero-order valence-corrected chi connectivity index (χ0v) is 21.7. The Morgan fingerprint density at radius 2 is 1.93 bits per heavy atom. The van der Waals surface area contributed by atoms with E-state index in [1.165, 1.54) is 24.4 Å². The first-order chi connectivity index (χ1) is 19.1. The van der Waals surface area contributed by atoms with Crippen LogP contribution in [0.4, 0.5) is 24.8 Å². The fourth-order valence-corrected chi connectivity index (χ4v) is 4.98. The molecule has 0 radical (unpaired) electrons. The highest BCUT2D eigenvalue weighted by atomic mass is 35.5. The number of hydrogen-bond acceptors (Lipinski definition) is 6. The first-order valence-corrected chi connectivity index (χ1v) is 12.6. The van der Waals surface area contributed by atoms with Gasteiger partial charge in [-0.05, 0) is 43.2 Å². The third-order valence-electron chi connectivity index (χ3n) is 6.69. The summed E-state index contributed by atoms with van der Waals surface area (Å²) < 4.78 is 40.8. The van der Waals surface area contributed by atoms with Crippen LogP contribution in [0.3, 0.4) is 0 Å². The van der Waals surface area contributed by atoms with Crippen molar-refractivity contribution in [3.05, 3.63) is 77.6 Å². The summed E-state index contributed by atoms with van der Waals surface area (Å²) in [5.41, 5.74) is 7.22. The zero-order chi connectivity index (χ0) is 28.6. The van der Waals surface area contributed by atoms with Crippen LogP contribution in [0.2, 0.25) is 5.02 Å². The fraction of sp³-hybridized carbons (Fsp3) is 0.222. The van der Waals surface area contributed by atoms with Crippen LogP contribution >= 0.6 is 11.6 Å². The number of alkyl halides is 3. The molecule has 40 heavy (non-hydrogen) atoms. The number of rotatable bonds is 5. The lowest BCUT2D eigenvalue weighted by Gasteiger charge is -2.32. The summed E-state index contributed by atoms with van der Waals surface area (Å²) >= 11 is 6.56. The number of pyridine rings is 2. The van der Waals surface area contributed by atoms with Gasteiger partial charge in [-0.25, -0.2) is 9.97 Å². The molecular weight excluding hydrogens is 547 g/mol. The number of piperidine rings is 1. The van der Waals surface area contributed by atoms with Gasteiger partial charge in [-0.15, -0.1) is 0 Å². The van der Waals surface area contributed by atoms with E-state index < -0.39 is 17.6 Å². The SMILES string of the molecule is C=CC(=O)N1CCC[C@@H](n2nc(-c3ccc(C(=O)Nc4cc(C(F)(F)F)ccn4)cc3)c3c(N)ncc(Cl)c32)C1. The second-order valence-electron chi connectivity index (χ2n) is 9.25. The minimum atomic E-state index is -4.56. The molecule has 0 saturated carbocycles. The van der Waals surface area contributed by atoms with Gasteiger partial charge in [0.05, 0.1) is 33.7 Å². The van der Waals surface area contributed by atoms with Crippen molar-refractivity contribution >= 4 is 46.0 Å². The molecule has 0 bridgehead atoms. The van der Waals surface area contributed by atoms with Gasteiger partial charge in [0, 0.05) is 30.4 Å². The van der Waals surface area contributed by atoms with Crippen molar-refractivity contribution in [1.29, 1.82) is 0 Å². The Morgan fingerprint density at radius 1 is 1.18 bits per heavy atom. The molecule has 9 nitrogen and oxygen atoms in total.